The molecule has 1 aliphatic heterocycles. The zero-order chi connectivity index (χ0) is 20.1. The number of hydrogen-bond acceptors (Lipinski definition) is 4. The number of carbonyl (C=O) groups is 1. The van der Waals surface area contributed by atoms with Crippen molar-refractivity contribution >= 4 is 22.0 Å². The summed E-state index contributed by atoms with van der Waals surface area (Å²) in [6.45, 7) is 5.31. The van der Waals surface area contributed by atoms with Crippen molar-refractivity contribution in [1.29, 1.82) is 0 Å². The maximum Gasteiger partial charge on any atom is 0.246 e. The van der Waals surface area contributed by atoms with Gasteiger partial charge in [-0.15, -0.1) is 0 Å². The molecule has 0 bridgehead atoms. The van der Waals surface area contributed by atoms with Crippen LogP contribution in [0.15, 0.2) is 51.8 Å². The fourth-order valence-corrected chi connectivity index (χ4v) is 4.38. The van der Waals surface area contributed by atoms with Gasteiger partial charge in [0.15, 0.2) is 0 Å². The number of nitrogens with one attached hydrogen (secondary N) is 1. The Bertz CT molecular complexity index is 945. The highest BCUT2D eigenvalue weighted by Crippen LogP contribution is 2.18. The van der Waals surface area contributed by atoms with E-state index in [0.717, 1.165) is 24.2 Å². The van der Waals surface area contributed by atoms with E-state index >= 15 is 0 Å². The van der Waals surface area contributed by atoms with E-state index in [1.165, 1.54) is 6.08 Å². The highest BCUT2D eigenvalue weighted by Gasteiger charge is 2.24. The van der Waals surface area contributed by atoms with Crippen LogP contribution in [0.2, 0.25) is 0 Å². The van der Waals surface area contributed by atoms with Crippen LogP contribution in [0, 0.1) is 19.8 Å². The van der Waals surface area contributed by atoms with Crippen molar-refractivity contribution in [3.8, 4) is 0 Å². The van der Waals surface area contributed by atoms with Crippen molar-refractivity contribution < 1.29 is 17.6 Å². The van der Waals surface area contributed by atoms with Crippen LogP contribution in [0.3, 0.4) is 0 Å². The predicted molar refractivity (Wildman–Crippen MR) is 108 cm³/mol. The van der Waals surface area contributed by atoms with E-state index in [2.05, 4.69) is 4.72 Å². The fourth-order valence-electron chi connectivity index (χ4n) is 3.26. The lowest BCUT2D eigenvalue weighted by molar-refractivity contribution is -0.127. The molecule has 0 spiro atoms. The summed E-state index contributed by atoms with van der Waals surface area (Å²) in [6, 6.07) is 10.4. The molecular weight excluding hydrogens is 376 g/mol. The number of nitrogens with zero attached hydrogens (tertiary/aromatic N) is 1. The molecule has 2 aromatic rings. The van der Waals surface area contributed by atoms with Crippen molar-refractivity contribution in [2.75, 3.05) is 19.6 Å². The third-order valence-corrected chi connectivity index (χ3v) is 6.31. The van der Waals surface area contributed by atoms with Gasteiger partial charge in [-0.05, 0) is 62.9 Å². The highest BCUT2D eigenvalue weighted by molar-refractivity contribution is 7.89. The molecule has 0 radical (unpaired) electrons. The van der Waals surface area contributed by atoms with Crippen molar-refractivity contribution in [2.45, 2.75) is 31.6 Å². The molecule has 1 amide bonds. The fraction of sp³-hybridized carbons (Fsp3) is 0.381. The third-order valence-electron chi connectivity index (χ3n) is 4.88. The molecule has 150 valence electrons. The molecule has 28 heavy (non-hydrogen) atoms. The number of furan rings is 1. The van der Waals surface area contributed by atoms with E-state index in [1.807, 2.05) is 26.0 Å². The number of carbonyl (C=O) groups excluding carboxylic acids is 1. The maximum absolute atomic E-state index is 12.4. The zero-order valence-corrected chi connectivity index (χ0v) is 17.0. The Morgan fingerprint density at radius 1 is 1.21 bits per heavy atom. The lowest BCUT2D eigenvalue weighted by atomic mass is 9.98. The van der Waals surface area contributed by atoms with Crippen molar-refractivity contribution in [2.24, 2.45) is 5.92 Å². The van der Waals surface area contributed by atoms with E-state index < -0.39 is 10.0 Å². The van der Waals surface area contributed by atoms with Gasteiger partial charge in [-0.3, -0.25) is 4.79 Å². The molecule has 1 fully saturated rings. The summed E-state index contributed by atoms with van der Waals surface area (Å²) in [6.07, 6.45) is 4.92. The summed E-state index contributed by atoms with van der Waals surface area (Å²) >= 11 is 0. The van der Waals surface area contributed by atoms with Gasteiger partial charge < -0.3 is 9.32 Å². The molecule has 2 heterocycles. The van der Waals surface area contributed by atoms with Gasteiger partial charge in [-0.2, -0.15) is 0 Å². The number of hydrogen-bond donors (Lipinski definition) is 1. The van der Waals surface area contributed by atoms with Crippen LogP contribution in [-0.4, -0.2) is 38.9 Å². The highest BCUT2D eigenvalue weighted by atomic mass is 32.2. The van der Waals surface area contributed by atoms with Crippen molar-refractivity contribution in [3.05, 3.63) is 59.6 Å². The van der Waals surface area contributed by atoms with Gasteiger partial charge in [0.2, 0.25) is 15.9 Å². The van der Waals surface area contributed by atoms with Crippen LogP contribution in [0.1, 0.15) is 29.9 Å². The van der Waals surface area contributed by atoms with Gasteiger partial charge in [0.25, 0.3) is 0 Å². The SMILES string of the molecule is Cc1ccc(S(=O)(=O)NCC2CCCN(C(=O)C=Cc3ccc(C)o3)C2)cc1. The van der Waals surface area contributed by atoms with Gasteiger partial charge >= 0.3 is 0 Å². The number of likely N-dealkylation sites (tertiary alicyclic amines) is 1. The number of amides is 1. The van der Waals surface area contributed by atoms with Crippen molar-refractivity contribution in [3.63, 3.8) is 0 Å². The molecule has 0 saturated carbocycles. The predicted octanol–water partition coefficient (Wildman–Crippen LogP) is 3.13. The van der Waals surface area contributed by atoms with E-state index in [1.54, 1.807) is 35.2 Å². The zero-order valence-electron chi connectivity index (χ0n) is 16.2. The first-order valence-corrected chi connectivity index (χ1v) is 10.9. The molecule has 0 aliphatic carbocycles. The quantitative estimate of drug-likeness (QED) is 0.753. The summed E-state index contributed by atoms with van der Waals surface area (Å²) < 4.78 is 33.0. The Morgan fingerprint density at radius 2 is 1.96 bits per heavy atom. The average molecular weight is 403 g/mol. The Balaban J connectivity index is 1.55. The minimum absolute atomic E-state index is 0.0832. The Kier molecular flexibility index (Phi) is 6.36. The van der Waals surface area contributed by atoms with Crippen LogP contribution in [0.4, 0.5) is 0 Å². The lowest BCUT2D eigenvalue weighted by Crippen LogP contribution is -2.43. The molecule has 1 atom stereocenters. The summed E-state index contributed by atoms with van der Waals surface area (Å²) in [7, 11) is -3.54. The molecule has 7 heteroatoms. The van der Waals surface area contributed by atoms with Gasteiger partial charge in [-0.1, -0.05) is 17.7 Å². The molecule has 1 aromatic carbocycles. The number of benzene rings is 1. The van der Waals surface area contributed by atoms with Gasteiger partial charge in [0.1, 0.15) is 11.5 Å². The summed E-state index contributed by atoms with van der Waals surface area (Å²) in [5.74, 6) is 1.45. The molecule has 1 unspecified atom stereocenters. The number of piperidine rings is 1. The molecule has 1 aliphatic rings. The van der Waals surface area contributed by atoms with Crippen LogP contribution in [-0.2, 0) is 14.8 Å². The lowest BCUT2D eigenvalue weighted by Gasteiger charge is -2.32. The second kappa shape index (κ2) is 8.75. The standard InChI is InChI=1S/C21H26N2O4S/c1-16-5-10-20(11-6-16)28(25,26)22-14-18-4-3-13-23(15-18)21(24)12-9-19-8-7-17(2)27-19/h5-12,18,22H,3-4,13-15H2,1-2H3. The summed E-state index contributed by atoms with van der Waals surface area (Å²) in [5.41, 5.74) is 1.01. The van der Waals surface area contributed by atoms with Gasteiger partial charge in [0, 0.05) is 25.7 Å². The maximum atomic E-state index is 12.4. The van der Waals surface area contributed by atoms with E-state index in [4.69, 9.17) is 4.42 Å². The smallest absolute Gasteiger partial charge is 0.246 e. The Hall–Kier alpha value is -2.38. The summed E-state index contributed by atoms with van der Waals surface area (Å²) in [5, 5.41) is 0. The first-order chi connectivity index (χ1) is 13.3. The Morgan fingerprint density at radius 3 is 2.64 bits per heavy atom. The number of sulfonamides is 1. The van der Waals surface area contributed by atoms with Crippen LogP contribution in [0.5, 0.6) is 0 Å². The van der Waals surface area contributed by atoms with Crippen LogP contribution >= 0.6 is 0 Å². The average Bonchev–Trinajstić information content (AvgIpc) is 3.10. The molecule has 6 nitrogen and oxygen atoms in total. The van der Waals surface area contributed by atoms with E-state index in [0.29, 0.717) is 25.4 Å². The van der Waals surface area contributed by atoms with E-state index in [-0.39, 0.29) is 16.7 Å². The first kappa shape index (κ1) is 20.4. The number of aryl methyl sites for hydroxylation is 2. The minimum Gasteiger partial charge on any atom is -0.462 e. The molecule has 3 rings (SSSR count). The monoisotopic (exact) mass is 402 g/mol. The summed E-state index contributed by atoms with van der Waals surface area (Å²) in [4.78, 5) is 14.5. The topological polar surface area (TPSA) is 79.6 Å². The van der Waals surface area contributed by atoms with E-state index in [9.17, 15) is 13.2 Å². The minimum atomic E-state index is -3.54. The second-order valence-corrected chi connectivity index (χ2v) is 9.01. The van der Waals surface area contributed by atoms with Crippen LogP contribution in [0.25, 0.3) is 6.08 Å². The third kappa shape index (κ3) is 5.33. The second-order valence-electron chi connectivity index (χ2n) is 7.24. The van der Waals surface area contributed by atoms with Gasteiger partial charge in [0.05, 0.1) is 4.90 Å². The number of rotatable bonds is 6. The first-order valence-electron chi connectivity index (χ1n) is 9.43. The van der Waals surface area contributed by atoms with Gasteiger partial charge in [-0.25, -0.2) is 13.1 Å². The molecule has 1 N–H and O–H groups in total. The molecule has 1 aromatic heterocycles. The van der Waals surface area contributed by atoms with Crippen LogP contribution < -0.4 is 4.72 Å². The normalized spacial score (nSPS) is 17.9. The molecular formula is C21H26N2O4S. The Labute approximate surface area is 166 Å². The molecule has 1 saturated heterocycles. The van der Waals surface area contributed by atoms with Crippen molar-refractivity contribution in [1.82, 2.24) is 9.62 Å². The largest absolute Gasteiger partial charge is 0.462 e.